The number of benzene rings is 3. The molecular formula is C27H19F6NO3S. The summed E-state index contributed by atoms with van der Waals surface area (Å²) in [5.74, 6) is -1.50. The molecule has 198 valence electrons. The van der Waals surface area contributed by atoms with E-state index < -0.39 is 56.3 Å². The lowest BCUT2D eigenvalue weighted by molar-refractivity contribution is -0.143. The molecule has 1 aliphatic heterocycles. The standard InChI is InChI=1S/C27H19F6NO3S/c1-16-6-8-21(9-7-16)38(36,37)34-24-5-3-2-4-22(24)23-15-20(35)10-11-25(23,34)17-12-18(26(28,29)30)14-19(13-17)27(31,32)33/h2-14,23H,15H2,1H3/t23-,25+/m0/s1. The van der Waals surface area contributed by atoms with Crippen LogP contribution in [0, 0.1) is 6.92 Å². The number of fused-ring (bicyclic) bond motifs is 3. The number of aryl methyl sites for hydroxylation is 1. The Kier molecular flexibility index (Phi) is 5.79. The number of para-hydroxylation sites is 1. The Labute approximate surface area is 214 Å². The Balaban J connectivity index is 1.89. The van der Waals surface area contributed by atoms with Gasteiger partial charge in [-0.15, -0.1) is 0 Å². The predicted molar refractivity (Wildman–Crippen MR) is 127 cm³/mol. The number of alkyl halides is 6. The third-order valence-corrected chi connectivity index (χ3v) is 8.78. The fraction of sp³-hybridized carbons (Fsp3) is 0.222. The van der Waals surface area contributed by atoms with E-state index >= 15 is 0 Å². The summed E-state index contributed by atoms with van der Waals surface area (Å²) < 4.78 is 112. The lowest BCUT2D eigenvalue weighted by Crippen LogP contribution is -2.50. The van der Waals surface area contributed by atoms with Gasteiger partial charge >= 0.3 is 12.4 Å². The monoisotopic (exact) mass is 551 g/mol. The molecule has 5 rings (SSSR count). The minimum Gasteiger partial charge on any atom is -0.295 e. The number of hydrogen-bond donors (Lipinski definition) is 0. The van der Waals surface area contributed by atoms with E-state index in [-0.39, 0.29) is 23.1 Å². The van der Waals surface area contributed by atoms with E-state index in [2.05, 4.69) is 0 Å². The summed E-state index contributed by atoms with van der Waals surface area (Å²) in [6.45, 7) is 1.73. The maximum absolute atomic E-state index is 14.1. The molecule has 0 radical (unpaired) electrons. The Bertz CT molecular complexity index is 1540. The lowest BCUT2D eigenvalue weighted by Gasteiger charge is -2.43. The predicted octanol–water partition coefficient (Wildman–Crippen LogP) is 6.75. The van der Waals surface area contributed by atoms with Gasteiger partial charge in [0.15, 0.2) is 5.78 Å². The van der Waals surface area contributed by atoms with Gasteiger partial charge in [0.1, 0.15) is 5.54 Å². The van der Waals surface area contributed by atoms with Gasteiger partial charge in [-0.25, -0.2) is 8.42 Å². The van der Waals surface area contributed by atoms with E-state index in [0.717, 1.165) is 22.0 Å². The number of sulfonamides is 1. The summed E-state index contributed by atoms with van der Waals surface area (Å²) >= 11 is 0. The van der Waals surface area contributed by atoms with Crippen molar-refractivity contribution >= 4 is 21.5 Å². The number of halogens is 6. The van der Waals surface area contributed by atoms with Crippen LogP contribution in [0.1, 0.15) is 40.2 Å². The van der Waals surface area contributed by atoms with E-state index in [1.807, 2.05) is 0 Å². The second-order valence-electron chi connectivity index (χ2n) is 9.32. The molecule has 2 atom stereocenters. The third-order valence-electron chi connectivity index (χ3n) is 6.94. The fourth-order valence-electron chi connectivity index (χ4n) is 5.23. The highest BCUT2D eigenvalue weighted by Gasteiger charge is 2.58. The first-order chi connectivity index (χ1) is 17.7. The summed E-state index contributed by atoms with van der Waals surface area (Å²) in [5, 5.41) is 0. The second-order valence-corrected chi connectivity index (χ2v) is 11.1. The minimum atomic E-state index is -5.15. The highest BCUT2D eigenvalue weighted by atomic mass is 32.2. The maximum atomic E-state index is 14.1. The van der Waals surface area contributed by atoms with Gasteiger partial charge in [-0.05, 0) is 66.6 Å². The number of rotatable bonds is 3. The highest BCUT2D eigenvalue weighted by Crippen LogP contribution is 2.59. The average Bonchev–Trinajstić information content (AvgIpc) is 3.14. The number of ketones is 1. The summed E-state index contributed by atoms with van der Waals surface area (Å²) in [6, 6.07) is 12.8. The van der Waals surface area contributed by atoms with Crippen molar-refractivity contribution in [2.24, 2.45) is 0 Å². The van der Waals surface area contributed by atoms with E-state index in [1.54, 1.807) is 13.0 Å². The van der Waals surface area contributed by atoms with Gasteiger partial charge in [-0.1, -0.05) is 35.9 Å². The first kappa shape index (κ1) is 26.0. The summed E-state index contributed by atoms with van der Waals surface area (Å²) in [6.07, 6.45) is -8.48. The van der Waals surface area contributed by atoms with Crippen molar-refractivity contribution in [2.45, 2.75) is 42.0 Å². The molecule has 11 heteroatoms. The Morgan fingerprint density at radius 2 is 1.45 bits per heavy atom. The molecule has 0 saturated heterocycles. The van der Waals surface area contributed by atoms with E-state index in [9.17, 15) is 39.6 Å². The Morgan fingerprint density at radius 1 is 0.868 bits per heavy atom. The molecule has 2 aliphatic rings. The van der Waals surface area contributed by atoms with Gasteiger partial charge in [0.25, 0.3) is 10.0 Å². The molecule has 3 aromatic rings. The van der Waals surface area contributed by atoms with Gasteiger partial charge in [-0.2, -0.15) is 26.3 Å². The molecule has 0 bridgehead atoms. The molecule has 4 nitrogen and oxygen atoms in total. The normalized spacial score (nSPS) is 21.4. The third kappa shape index (κ3) is 4.00. The molecule has 0 fully saturated rings. The zero-order chi connectivity index (χ0) is 27.7. The smallest absolute Gasteiger partial charge is 0.295 e. The molecule has 1 heterocycles. The van der Waals surface area contributed by atoms with Crippen molar-refractivity contribution in [3.05, 3.63) is 107 Å². The van der Waals surface area contributed by atoms with Crippen molar-refractivity contribution in [1.29, 1.82) is 0 Å². The van der Waals surface area contributed by atoms with E-state index in [4.69, 9.17) is 0 Å². The Hall–Kier alpha value is -3.60. The number of carbonyl (C=O) groups excluding carboxylic acids is 1. The van der Waals surface area contributed by atoms with Crippen LogP contribution < -0.4 is 4.31 Å². The molecule has 0 amide bonds. The summed E-state index contributed by atoms with van der Waals surface area (Å²) in [4.78, 5) is 12.3. The summed E-state index contributed by atoms with van der Waals surface area (Å²) in [7, 11) is -4.55. The molecule has 3 aromatic carbocycles. The highest BCUT2D eigenvalue weighted by molar-refractivity contribution is 7.93. The van der Waals surface area contributed by atoms with Crippen LogP contribution in [-0.2, 0) is 32.7 Å². The van der Waals surface area contributed by atoms with Crippen LogP contribution in [0.2, 0.25) is 0 Å². The van der Waals surface area contributed by atoms with Crippen molar-refractivity contribution in [1.82, 2.24) is 0 Å². The van der Waals surface area contributed by atoms with Crippen LogP contribution in [0.25, 0.3) is 0 Å². The van der Waals surface area contributed by atoms with Crippen molar-refractivity contribution < 1.29 is 39.6 Å². The maximum Gasteiger partial charge on any atom is 0.416 e. The van der Waals surface area contributed by atoms with Crippen molar-refractivity contribution in [3.8, 4) is 0 Å². The number of hydrogen-bond acceptors (Lipinski definition) is 3. The number of carbonyl (C=O) groups is 1. The number of anilines is 1. The molecular weight excluding hydrogens is 532 g/mol. The van der Waals surface area contributed by atoms with Gasteiger partial charge in [-0.3, -0.25) is 9.10 Å². The van der Waals surface area contributed by atoms with Gasteiger partial charge in [0.2, 0.25) is 0 Å². The van der Waals surface area contributed by atoms with Crippen LogP contribution in [0.15, 0.2) is 83.8 Å². The zero-order valence-corrected chi connectivity index (χ0v) is 20.5. The number of nitrogens with zero attached hydrogens (tertiary/aromatic N) is 1. The quantitative estimate of drug-likeness (QED) is 0.339. The SMILES string of the molecule is Cc1ccc(S(=O)(=O)N2c3ccccc3[C@@H]3CC(=O)C=C[C@@]32c2cc(C(F)(F)F)cc(C(F)(F)F)c2)cc1. The molecule has 0 N–H and O–H groups in total. The fourth-order valence-corrected chi connectivity index (χ4v) is 7.04. The molecule has 1 aliphatic carbocycles. The van der Waals surface area contributed by atoms with Crippen LogP contribution in [0.4, 0.5) is 32.0 Å². The first-order valence-electron chi connectivity index (χ1n) is 11.4. The minimum absolute atomic E-state index is 0.00620. The molecule has 0 aromatic heterocycles. The van der Waals surface area contributed by atoms with E-state index in [1.165, 1.54) is 42.5 Å². The summed E-state index contributed by atoms with van der Waals surface area (Å²) in [5.41, 5.74) is -4.62. The van der Waals surface area contributed by atoms with Crippen molar-refractivity contribution in [2.75, 3.05) is 4.31 Å². The van der Waals surface area contributed by atoms with Crippen LogP contribution in [0.3, 0.4) is 0 Å². The first-order valence-corrected chi connectivity index (χ1v) is 12.8. The van der Waals surface area contributed by atoms with Crippen molar-refractivity contribution in [3.63, 3.8) is 0 Å². The topological polar surface area (TPSA) is 54.5 Å². The van der Waals surface area contributed by atoms with E-state index in [0.29, 0.717) is 17.7 Å². The molecule has 0 saturated carbocycles. The second kappa shape index (κ2) is 8.45. The largest absolute Gasteiger partial charge is 0.416 e. The van der Waals surface area contributed by atoms with Gasteiger partial charge in [0, 0.05) is 12.3 Å². The van der Waals surface area contributed by atoms with Gasteiger partial charge in [0.05, 0.1) is 21.7 Å². The lowest BCUT2D eigenvalue weighted by atomic mass is 9.71. The van der Waals surface area contributed by atoms with Gasteiger partial charge < -0.3 is 0 Å². The molecule has 38 heavy (non-hydrogen) atoms. The molecule has 0 unspecified atom stereocenters. The Morgan fingerprint density at radius 3 is 2.03 bits per heavy atom. The molecule has 0 spiro atoms. The zero-order valence-electron chi connectivity index (χ0n) is 19.6. The van der Waals surface area contributed by atoms with Crippen LogP contribution >= 0.6 is 0 Å². The number of allylic oxidation sites excluding steroid dienone is 1. The average molecular weight is 552 g/mol. The van der Waals surface area contributed by atoms with Crippen LogP contribution in [-0.4, -0.2) is 14.2 Å². The van der Waals surface area contributed by atoms with Crippen LogP contribution in [0.5, 0.6) is 0 Å².